The van der Waals surface area contributed by atoms with Crippen LogP contribution in [0, 0.1) is 6.92 Å². The fourth-order valence-electron chi connectivity index (χ4n) is 1.89. The zero-order valence-corrected chi connectivity index (χ0v) is 12.0. The molecule has 0 spiro atoms. The predicted octanol–water partition coefficient (Wildman–Crippen LogP) is 1.61. The molecular weight excluding hydrogens is 240 g/mol. The number of carbonyl (C=O) groups excluding carboxylic acids is 1. The van der Waals surface area contributed by atoms with E-state index in [9.17, 15) is 9.90 Å². The Kier molecular flexibility index (Phi) is 5.99. The highest BCUT2D eigenvalue weighted by atomic mass is 16.3. The van der Waals surface area contributed by atoms with Crippen molar-refractivity contribution in [2.75, 3.05) is 13.1 Å². The first kappa shape index (κ1) is 15.7. The summed E-state index contributed by atoms with van der Waals surface area (Å²) in [6.45, 7) is 6.61. The molecule has 0 aliphatic rings. The van der Waals surface area contributed by atoms with Crippen LogP contribution < -0.4 is 5.73 Å². The van der Waals surface area contributed by atoms with E-state index in [0.29, 0.717) is 13.0 Å². The number of carbonyl (C=O) groups is 1. The molecule has 1 unspecified atom stereocenters. The Labute approximate surface area is 115 Å². The molecule has 0 bridgehead atoms. The molecule has 0 saturated heterocycles. The second-order valence-electron chi connectivity index (χ2n) is 4.82. The van der Waals surface area contributed by atoms with Crippen molar-refractivity contribution < 1.29 is 9.90 Å². The van der Waals surface area contributed by atoms with E-state index < -0.39 is 12.1 Å². The Morgan fingerprint density at radius 2 is 1.89 bits per heavy atom. The van der Waals surface area contributed by atoms with E-state index in [2.05, 4.69) is 0 Å². The van der Waals surface area contributed by atoms with Gasteiger partial charge in [0.1, 0.15) is 0 Å². The van der Waals surface area contributed by atoms with Gasteiger partial charge in [0.25, 0.3) is 0 Å². The average Bonchev–Trinajstić information content (AvgIpc) is 2.43. The molecule has 0 heterocycles. The number of hydrogen-bond donors (Lipinski definition) is 2. The van der Waals surface area contributed by atoms with Crippen LogP contribution in [0.2, 0.25) is 0 Å². The zero-order chi connectivity index (χ0) is 14.4. The number of hydrogen-bond acceptors (Lipinski definition) is 3. The summed E-state index contributed by atoms with van der Waals surface area (Å²) >= 11 is 0. The first-order valence-electron chi connectivity index (χ1n) is 6.78. The summed E-state index contributed by atoms with van der Waals surface area (Å²) in [5, 5.41) is 10.2. The fourth-order valence-corrected chi connectivity index (χ4v) is 1.89. The molecule has 1 amide bonds. The molecule has 1 rings (SSSR count). The van der Waals surface area contributed by atoms with Gasteiger partial charge in [-0.3, -0.25) is 4.79 Å². The highest BCUT2D eigenvalue weighted by Crippen LogP contribution is 2.15. The van der Waals surface area contributed by atoms with Crippen molar-refractivity contribution in [3.8, 4) is 0 Å². The summed E-state index contributed by atoms with van der Waals surface area (Å²) in [7, 11) is 0. The van der Waals surface area contributed by atoms with Crippen LogP contribution in [0.1, 0.15) is 37.5 Å². The van der Waals surface area contributed by atoms with Crippen molar-refractivity contribution in [1.29, 1.82) is 0 Å². The number of rotatable bonds is 6. The van der Waals surface area contributed by atoms with Crippen molar-refractivity contribution >= 4 is 5.91 Å². The highest BCUT2D eigenvalue weighted by Gasteiger charge is 2.21. The number of aliphatic hydroxyl groups is 1. The molecule has 1 aromatic carbocycles. The number of benzene rings is 1. The number of likely N-dealkylation sites (N-methyl/N-ethyl adjacent to an activating group) is 1. The summed E-state index contributed by atoms with van der Waals surface area (Å²) < 4.78 is 0. The quantitative estimate of drug-likeness (QED) is 0.820. The number of nitrogens with two attached hydrogens (primary N) is 1. The number of nitrogens with zero attached hydrogens (tertiary/aromatic N) is 1. The van der Waals surface area contributed by atoms with Crippen molar-refractivity contribution in [3.63, 3.8) is 0 Å². The molecule has 0 aromatic heterocycles. The molecule has 106 valence electrons. The van der Waals surface area contributed by atoms with Crippen LogP contribution in [-0.2, 0) is 4.79 Å². The third-order valence-corrected chi connectivity index (χ3v) is 3.31. The number of aliphatic hydroxyl groups excluding tert-OH is 1. The Bertz CT molecular complexity index is 403. The third kappa shape index (κ3) is 4.33. The smallest absolute Gasteiger partial charge is 0.239 e. The maximum Gasteiger partial charge on any atom is 0.239 e. The van der Waals surface area contributed by atoms with E-state index in [0.717, 1.165) is 11.1 Å². The molecule has 0 saturated carbocycles. The van der Waals surface area contributed by atoms with Gasteiger partial charge in [0, 0.05) is 6.54 Å². The topological polar surface area (TPSA) is 66.6 Å². The van der Waals surface area contributed by atoms with Gasteiger partial charge in [-0.25, -0.2) is 0 Å². The molecule has 0 fully saturated rings. The minimum atomic E-state index is -0.673. The van der Waals surface area contributed by atoms with Gasteiger partial charge >= 0.3 is 0 Å². The van der Waals surface area contributed by atoms with Crippen LogP contribution in [0.5, 0.6) is 0 Å². The highest BCUT2D eigenvalue weighted by molar-refractivity contribution is 5.81. The van der Waals surface area contributed by atoms with Gasteiger partial charge in [0.15, 0.2) is 0 Å². The summed E-state index contributed by atoms with van der Waals surface area (Å²) in [5.74, 6) is -0.101. The van der Waals surface area contributed by atoms with Crippen LogP contribution in [0.3, 0.4) is 0 Å². The summed E-state index contributed by atoms with van der Waals surface area (Å²) in [5.41, 5.74) is 7.72. The lowest BCUT2D eigenvalue weighted by molar-refractivity contribution is -0.133. The SMILES string of the molecule is CC[C@H](N)C(=O)N(CC)CC(O)c1ccc(C)cc1. The van der Waals surface area contributed by atoms with Gasteiger partial charge in [-0.1, -0.05) is 36.8 Å². The maximum absolute atomic E-state index is 12.0. The Hall–Kier alpha value is -1.39. The van der Waals surface area contributed by atoms with Crippen molar-refractivity contribution in [2.24, 2.45) is 5.73 Å². The normalized spacial score (nSPS) is 13.9. The molecule has 4 nitrogen and oxygen atoms in total. The standard InChI is InChI=1S/C15H24N2O2/c1-4-13(16)15(19)17(5-2)10-14(18)12-8-6-11(3)7-9-12/h6-9,13-14,18H,4-5,10,16H2,1-3H3/t13-,14?/m0/s1. The lowest BCUT2D eigenvalue weighted by atomic mass is 10.1. The number of amides is 1. The number of aryl methyl sites for hydroxylation is 1. The van der Waals surface area contributed by atoms with Gasteiger partial charge in [-0.05, 0) is 25.8 Å². The maximum atomic E-state index is 12.0. The minimum absolute atomic E-state index is 0.101. The lowest BCUT2D eigenvalue weighted by Gasteiger charge is -2.26. The minimum Gasteiger partial charge on any atom is -0.387 e. The molecule has 1 aromatic rings. The summed E-state index contributed by atoms with van der Waals surface area (Å²) in [6.07, 6.45) is -0.0655. The van der Waals surface area contributed by atoms with E-state index in [1.54, 1.807) is 4.90 Å². The molecule has 0 aliphatic carbocycles. The molecule has 3 N–H and O–H groups in total. The van der Waals surface area contributed by atoms with E-state index in [1.807, 2.05) is 45.0 Å². The Morgan fingerprint density at radius 1 is 1.32 bits per heavy atom. The monoisotopic (exact) mass is 264 g/mol. The molecule has 19 heavy (non-hydrogen) atoms. The van der Waals surface area contributed by atoms with Gasteiger partial charge in [-0.2, -0.15) is 0 Å². The van der Waals surface area contributed by atoms with Gasteiger partial charge in [0.2, 0.25) is 5.91 Å². The van der Waals surface area contributed by atoms with E-state index in [-0.39, 0.29) is 12.5 Å². The molecule has 2 atom stereocenters. The van der Waals surface area contributed by atoms with E-state index >= 15 is 0 Å². The van der Waals surface area contributed by atoms with E-state index in [4.69, 9.17) is 5.73 Å². The van der Waals surface area contributed by atoms with Crippen molar-refractivity contribution in [2.45, 2.75) is 39.3 Å². The van der Waals surface area contributed by atoms with Crippen LogP contribution in [0.25, 0.3) is 0 Å². The predicted molar refractivity (Wildman–Crippen MR) is 76.7 cm³/mol. The van der Waals surface area contributed by atoms with Gasteiger partial charge in [0.05, 0.1) is 18.7 Å². The third-order valence-electron chi connectivity index (χ3n) is 3.31. The zero-order valence-electron chi connectivity index (χ0n) is 12.0. The van der Waals surface area contributed by atoms with Crippen LogP contribution in [-0.4, -0.2) is 35.0 Å². The molecule has 0 radical (unpaired) electrons. The largest absolute Gasteiger partial charge is 0.387 e. The average molecular weight is 264 g/mol. The molecule has 0 aliphatic heterocycles. The lowest BCUT2D eigenvalue weighted by Crippen LogP contribution is -2.45. The van der Waals surface area contributed by atoms with Crippen LogP contribution in [0.15, 0.2) is 24.3 Å². The van der Waals surface area contributed by atoms with Gasteiger partial charge < -0.3 is 15.7 Å². The van der Waals surface area contributed by atoms with Crippen LogP contribution >= 0.6 is 0 Å². The first-order chi connectivity index (χ1) is 8.99. The van der Waals surface area contributed by atoms with Crippen molar-refractivity contribution in [3.05, 3.63) is 35.4 Å². The Balaban J connectivity index is 2.70. The first-order valence-corrected chi connectivity index (χ1v) is 6.78. The second kappa shape index (κ2) is 7.26. The van der Waals surface area contributed by atoms with Crippen molar-refractivity contribution in [1.82, 2.24) is 4.90 Å². The fraction of sp³-hybridized carbons (Fsp3) is 0.533. The van der Waals surface area contributed by atoms with E-state index in [1.165, 1.54) is 0 Å². The molecular formula is C15H24N2O2. The summed E-state index contributed by atoms with van der Waals surface area (Å²) in [6, 6.07) is 7.20. The van der Waals surface area contributed by atoms with Crippen LogP contribution in [0.4, 0.5) is 0 Å². The Morgan fingerprint density at radius 3 is 2.37 bits per heavy atom. The molecule has 4 heteroatoms. The second-order valence-corrected chi connectivity index (χ2v) is 4.82. The summed E-state index contributed by atoms with van der Waals surface area (Å²) in [4.78, 5) is 13.6. The van der Waals surface area contributed by atoms with Gasteiger partial charge in [-0.15, -0.1) is 0 Å².